The van der Waals surface area contributed by atoms with Gasteiger partial charge in [0.05, 0.1) is 24.5 Å². The Hall–Kier alpha value is -3.77. The fraction of sp³-hybridized carbons (Fsp3) is 0.250. The summed E-state index contributed by atoms with van der Waals surface area (Å²) in [5.74, 6) is 1.78. The van der Waals surface area contributed by atoms with Crippen LogP contribution in [-0.4, -0.2) is 54.9 Å². The van der Waals surface area contributed by atoms with Crippen molar-refractivity contribution in [3.8, 4) is 11.8 Å². The number of aromatic nitrogens is 2. The molecule has 1 aliphatic heterocycles. The molecule has 1 N–H and O–H groups in total. The molecule has 33 heavy (non-hydrogen) atoms. The van der Waals surface area contributed by atoms with Crippen molar-refractivity contribution in [1.29, 1.82) is 5.26 Å². The largest absolute Gasteiger partial charge is 0.497 e. The van der Waals surface area contributed by atoms with Crippen molar-refractivity contribution < 1.29 is 9.53 Å². The van der Waals surface area contributed by atoms with Crippen LogP contribution in [0.15, 0.2) is 66.0 Å². The minimum absolute atomic E-state index is 0.146. The Labute approximate surface area is 197 Å². The molecule has 0 bridgehead atoms. The molecule has 0 spiro atoms. The first-order chi connectivity index (χ1) is 16.1. The van der Waals surface area contributed by atoms with Gasteiger partial charge in [-0.25, -0.2) is 9.97 Å². The van der Waals surface area contributed by atoms with Crippen LogP contribution in [0.5, 0.6) is 5.75 Å². The highest BCUT2D eigenvalue weighted by molar-refractivity contribution is 7.99. The maximum atomic E-state index is 12.3. The minimum Gasteiger partial charge on any atom is -0.497 e. The third-order valence-electron chi connectivity index (χ3n) is 5.29. The lowest BCUT2D eigenvalue weighted by Gasteiger charge is -2.36. The van der Waals surface area contributed by atoms with E-state index in [-0.39, 0.29) is 11.7 Å². The van der Waals surface area contributed by atoms with Crippen LogP contribution >= 0.6 is 11.8 Å². The molecule has 2 heterocycles. The van der Waals surface area contributed by atoms with E-state index in [4.69, 9.17) is 10.00 Å². The predicted molar refractivity (Wildman–Crippen MR) is 130 cm³/mol. The maximum absolute atomic E-state index is 12.3. The number of hydrogen-bond donors (Lipinski definition) is 1. The highest BCUT2D eigenvalue weighted by Gasteiger charge is 2.19. The van der Waals surface area contributed by atoms with Gasteiger partial charge in [-0.3, -0.25) is 4.79 Å². The zero-order chi connectivity index (χ0) is 23.0. The van der Waals surface area contributed by atoms with Crippen molar-refractivity contribution in [2.45, 2.75) is 5.16 Å². The number of piperazine rings is 1. The molecule has 2 aromatic carbocycles. The Bertz CT molecular complexity index is 1120. The van der Waals surface area contributed by atoms with Gasteiger partial charge in [-0.2, -0.15) is 5.26 Å². The second-order valence-corrected chi connectivity index (χ2v) is 8.34. The van der Waals surface area contributed by atoms with Crippen molar-refractivity contribution in [3.05, 3.63) is 66.4 Å². The summed E-state index contributed by atoms with van der Waals surface area (Å²) < 4.78 is 5.24. The Morgan fingerprint density at radius 2 is 1.76 bits per heavy atom. The van der Waals surface area contributed by atoms with E-state index in [9.17, 15) is 4.79 Å². The van der Waals surface area contributed by atoms with E-state index in [1.807, 2.05) is 18.2 Å². The van der Waals surface area contributed by atoms with Crippen LogP contribution in [0.4, 0.5) is 17.2 Å². The van der Waals surface area contributed by atoms with E-state index in [1.54, 1.807) is 37.6 Å². The number of nitrogens with zero attached hydrogens (tertiary/aromatic N) is 5. The van der Waals surface area contributed by atoms with Gasteiger partial charge in [-0.15, -0.1) is 0 Å². The number of nitrogens with one attached hydrogen (secondary N) is 1. The van der Waals surface area contributed by atoms with Crippen molar-refractivity contribution in [2.75, 3.05) is 54.2 Å². The maximum Gasteiger partial charge on any atom is 0.234 e. The molecule has 1 aliphatic rings. The lowest BCUT2D eigenvalue weighted by Crippen LogP contribution is -2.46. The zero-order valence-electron chi connectivity index (χ0n) is 18.3. The molecule has 1 saturated heterocycles. The summed E-state index contributed by atoms with van der Waals surface area (Å²) in [4.78, 5) is 25.8. The minimum atomic E-state index is -0.146. The van der Waals surface area contributed by atoms with Crippen LogP contribution in [0.1, 0.15) is 5.56 Å². The highest BCUT2D eigenvalue weighted by Crippen LogP contribution is 2.23. The number of anilines is 3. The van der Waals surface area contributed by atoms with Gasteiger partial charge in [0, 0.05) is 43.8 Å². The molecule has 168 valence electrons. The van der Waals surface area contributed by atoms with Gasteiger partial charge in [-0.05, 0) is 54.6 Å². The number of ether oxygens (including phenoxy) is 1. The number of hydrogen-bond acceptors (Lipinski definition) is 8. The number of methoxy groups -OCH3 is 1. The second-order valence-electron chi connectivity index (χ2n) is 7.40. The second kappa shape index (κ2) is 10.7. The van der Waals surface area contributed by atoms with Crippen molar-refractivity contribution >= 4 is 34.9 Å². The molecule has 4 rings (SSSR count). The van der Waals surface area contributed by atoms with Gasteiger partial charge in [0.25, 0.3) is 0 Å². The van der Waals surface area contributed by atoms with Crippen LogP contribution < -0.4 is 19.9 Å². The average Bonchev–Trinajstić information content (AvgIpc) is 2.88. The number of benzene rings is 2. The number of nitriles is 1. The summed E-state index contributed by atoms with van der Waals surface area (Å²) in [5.41, 5.74) is 2.39. The molecule has 0 saturated carbocycles. The molecule has 0 atom stereocenters. The summed E-state index contributed by atoms with van der Waals surface area (Å²) in [5, 5.41) is 12.2. The Morgan fingerprint density at radius 3 is 2.42 bits per heavy atom. The monoisotopic (exact) mass is 460 g/mol. The molecular formula is C24H24N6O2S. The van der Waals surface area contributed by atoms with Gasteiger partial charge < -0.3 is 19.9 Å². The number of amides is 1. The van der Waals surface area contributed by atoms with E-state index in [1.165, 1.54) is 17.4 Å². The third kappa shape index (κ3) is 5.93. The van der Waals surface area contributed by atoms with Crippen molar-refractivity contribution in [1.82, 2.24) is 9.97 Å². The molecule has 9 heteroatoms. The number of rotatable bonds is 7. The summed E-state index contributed by atoms with van der Waals surface area (Å²) >= 11 is 1.30. The Kier molecular flexibility index (Phi) is 7.27. The van der Waals surface area contributed by atoms with Gasteiger partial charge in [-0.1, -0.05) is 11.8 Å². The SMILES string of the molecule is COc1ccc(N2CCN(c3ccnc(SCC(=O)Nc4ccc(C#N)cc4)n3)CC2)cc1. The smallest absolute Gasteiger partial charge is 0.234 e. The first kappa shape index (κ1) is 22.4. The van der Waals surface area contributed by atoms with Crippen LogP contribution in [0.25, 0.3) is 0 Å². The van der Waals surface area contributed by atoms with Crippen molar-refractivity contribution in [3.63, 3.8) is 0 Å². The lowest BCUT2D eigenvalue weighted by atomic mass is 10.2. The van der Waals surface area contributed by atoms with Gasteiger partial charge in [0.15, 0.2) is 5.16 Å². The molecule has 0 radical (unpaired) electrons. The normalized spacial score (nSPS) is 13.3. The van der Waals surface area contributed by atoms with E-state index >= 15 is 0 Å². The fourth-order valence-corrected chi connectivity index (χ4v) is 4.15. The lowest BCUT2D eigenvalue weighted by molar-refractivity contribution is -0.113. The molecule has 1 amide bonds. The zero-order valence-corrected chi connectivity index (χ0v) is 19.1. The predicted octanol–water partition coefficient (Wildman–Crippen LogP) is 3.41. The summed E-state index contributed by atoms with van der Waals surface area (Å²) in [6.07, 6.45) is 1.74. The first-order valence-corrected chi connectivity index (χ1v) is 11.5. The highest BCUT2D eigenvalue weighted by atomic mass is 32.2. The first-order valence-electron chi connectivity index (χ1n) is 10.5. The molecule has 0 aliphatic carbocycles. The molecule has 0 unspecified atom stereocenters. The summed E-state index contributed by atoms with van der Waals surface area (Å²) in [6, 6.07) is 18.8. The molecule has 3 aromatic rings. The van der Waals surface area contributed by atoms with Crippen molar-refractivity contribution in [2.24, 2.45) is 0 Å². The Morgan fingerprint density at radius 1 is 1.06 bits per heavy atom. The fourth-order valence-electron chi connectivity index (χ4n) is 3.52. The number of carbonyl (C=O) groups is 1. The van der Waals surface area contributed by atoms with Crippen LogP contribution in [0.3, 0.4) is 0 Å². The average molecular weight is 461 g/mol. The summed E-state index contributed by atoms with van der Waals surface area (Å²) in [6.45, 7) is 3.50. The number of carbonyl (C=O) groups excluding carboxylic acids is 1. The van der Waals surface area contributed by atoms with Crippen LogP contribution in [0.2, 0.25) is 0 Å². The molecule has 1 fully saturated rings. The van der Waals surface area contributed by atoms with Crippen LogP contribution in [-0.2, 0) is 4.79 Å². The summed E-state index contributed by atoms with van der Waals surface area (Å²) in [7, 11) is 1.67. The molecule has 8 nitrogen and oxygen atoms in total. The third-order valence-corrected chi connectivity index (χ3v) is 6.15. The van der Waals surface area contributed by atoms with E-state index in [2.05, 4.69) is 43.3 Å². The van der Waals surface area contributed by atoms with E-state index in [0.29, 0.717) is 16.4 Å². The van der Waals surface area contributed by atoms with Gasteiger partial charge in [0.1, 0.15) is 11.6 Å². The van der Waals surface area contributed by atoms with E-state index < -0.39 is 0 Å². The Balaban J connectivity index is 1.28. The van der Waals surface area contributed by atoms with Crippen LogP contribution in [0, 0.1) is 11.3 Å². The standard InChI is InChI=1S/C24H24N6O2S/c1-32-21-8-6-20(7-9-21)29-12-14-30(15-13-29)22-10-11-26-24(28-22)33-17-23(31)27-19-4-2-18(16-25)3-5-19/h2-11H,12-15,17H2,1H3,(H,27,31). The number of thioether (sulfide) groups is 1. The van der Waals surface area contributed by atoms with Gasteiger partial charge in [0.2, 0.25) is 5.91 Å². The quantitative estimate of drug-likeness (QED) is 0.423. The van der Waals surface area contributed by atoms with E-state index in [0.717, 1.165) is 37.7 Å². The molecular weight excluding hydrogens is 436 g/mol. The topological polar surface area (TPSA) is 94.4 Å². The van der Waals surface area contributed by atoms with Gasteiger partial charge >= 0.3 is 0 Å². The molecule has 1 aromatic heterocycles.